The third-order valence-corrected chi connectivity index (χ3v) is 1.37. The Bertz CT molecular complexity index is 142. The number of hydrogen-bond donors (Lipinski definition) is 0. The predicted octanol–water partition coefficient (Wildman–Crippen LogP) is 0.902. The lowest BCUT2D eigenvalue weighted by atomic mass is 10.3. The van der Waals surface area contributed by atoms with Gasteiger partial charge in [-0.2, -0.15) is 0 Å². The molecule has 0 aliphatic rings. The highest BCUT2D eigenvalue weighted by Gasteiger charge is 2.09. The van der Waals surface area contributed by atoms with Gasteiger partial charge < -0.3 is 4.74 Å². The van der Waals surface area contributed by atoms with E-state index in [4.69, 9.17) is 0 Å². The van der Waals surface area contributed by atoms with Crippen LogP contribution in [0.1, 0.15) is 13.8 Å². The van der Waals surface area contributed by atoms with E-state index in [0.29, 0.717) is 0 Å². The zero-order chi connectivity index (χ0) is 8.15. The molecule has 58 valence electrons. The van der Waals surface area contributed by atoms with E-state index in [1.807, 2.05) is 0 Å². The van der Waals surface area contributed by atoms with Crippen LogP contribution in [0.3, 0.4) is 0 Å². The molecule has 0 bridgehead atoms. The molecule has 0 aromatic rings. The van der Waals surface area contributed by atoms with E-state index in [1.54, 1.807) is 6.92 Å². The second-order valence-corrected chi connectivity index (χ2v) is 3.24. The summed E-state index contributed by atoms with van der Waals surface area (Å²) in [5.74, 6) is -0.559. The van der Waals surface area contributed by atoms with Gasteiger partial charge in [-0.15, -0.1) is 0 Å². The second-order valence-electron chi connectivity index (χ2n) is 1.86. The van der Waals surface area contributed by atoms with Crippen LogP contribution < -0.4 is 0 Å². The molecule has 0 aliphatic carbocycles. The van der Waals surface area contributed by atoms with Crippen molar-refractivity contribution in [1.29, 1.82) is 0 Å². The number of halogens is 1. The maximum Gasteiger partial charge on any atom is 0.303 e. The van der Waals surface area contributed by atoms with Crippen LogP contribution in [0.15, 0.2) is 0 Å². The van der Waals surface area contributed by atoms with E-state index in [1.165, 1.54) is 6.92 Å². The van der Waals surface area contributed by atoms with Crippen molar-refractivity contribution in [2.45, 2.75) is 18.7 Å². The first kappa shape index (κ1) is 9.62. The average molecular weight is 209 g/mol. The van der Waals surface area contributed by atoms with Gasteiger partial charge in [-0.25, -0.2) is 0 Å². The minimum absolute atomic E-state index is 0.129. The quantitative estimate of drug-likeness (QED) is 0.512. The lowest BCUT2D eigenvalue weighted by Crippen LogP contribution is -2.18. The van der Waals surface area contributed by atoms with Crippen LogP contribution in [0, 0.1) is 0 Å². The number of carbonyl (C=O) groups is 2. The molecule has 0 amide bonds. The van der Waals surface area contributed by atoms with Gasteiger partial charge in [0.1, 0.15) is 0 Å². The molecule has 0 aliphatic heterocycles. The largest absolute Gasteiger partial charge is 0.458 e. The van der Waals surface area contributed by atoms with Crippen LogP contribution in [0.2, 0.25) is 0 Å². The van der Waals surface area contributed by atoms with E-state index in [9.17, 15) is 9.59 Å². The molecule has 1 atom stereocenters. The monoisotopic (exact) mass is 208 g/mol. The zero-order valence-corrected chi connectivity index (χ0v) is 7.47. The molecule has 0 rings (SSSR count). The van der Waals surface area contributed by atoms with Crippen molar-refractivity contribution in [3.05, 3.63) is 0 Å². The number of esters is 1. The lowest BCUT2D eigenvalue weighted by Gasteiger charge is -2.01. The molecule has 0 spiro atoms. The van der Waals surface area contributed by atoms with Crippen molar-refractivity contribution in [3.63, 3.8) is 0 Å². The minimum atomic E-state index is -0.429. The minimum Gasteiger partial charge on any atom is -0.458 e. The van der Waals surface area contributed by atoms with Crippen LogP contribution in [0.25, 0.3) is 0 Å². The van der Waals surface area contributed by atoms with Crippen molar-refractivity contribution in [3.8, 4) is 0 Å². The van der Waals surface area contributed by atoms with Gasteiger partial charge in [-0.05, 0) is 6.92 Å². The highest BCUT2D eigenvalue weighted by molar-refractivity contribution is 9.10. The van der Waals surface area contributed by atoms with Gasteiger partial charge in [-0.1, -0.05) is 15.9 Å². The fraction of sp³-hybridized carbons (Fsp3) is 0.667. The SMILES string of the molecule is CC(=O)OCC(=O)C(C)Br. The van der Waals surface area contributed by atoms with Crippen molar-refractivity contribution >= 4 is 27.7 Å². The van der Waals surface area contributed by atoms with E-state index >= 15 is 0 Å². The Balaban J connectivity index is 3.50. The summed E-state index contributed by atoms with van der Waals surface area (Å²) >= 11 is 3.05. The molecule has 0 aromatic carbocycles. The Morgan fingerprint density at radius 2 is 2.10 bits per heavy atom. The summed E-state index contributed by atoms with van der Waals surface area (Å²) in [5, 5.41) is 0. The number of rotatable bonds is 3. The lowest BCUT2D eigenvalue weighted by molar-refractivity contribution is -0.145. The van der Waals surface area contributed by atoms with E-state index in [2.05, 4.69) is 20.7 Å². The van der Waals surface area contributed by atoms with Crippen molar-refractivity contribution in [1.82, 2.24) is 0 Å². The summed E-state index contributed by atoms with van der Waals surface area (Å²) in [7, 11) is 0. The Morgan fingerprint density at radius 3 is 2.40 bits per heavy atom. The van der Waals surface area contributed by atoms with Crippen molar-refractivity contribution in [2.75, 3.05) is 6.61 Å². The normalized spacial score (nSPS) is 12.3. The number of ether oxygens (including phenoxy) is 1. The molecule has 1 unspecified atom stereocenters. The average Bonchev–Trinajstić information content (AvgIpc) is 1.82. The molecule has 4 heteroatoms. The molecule has 0 aromatic heterocycles. The maximum atomic E-state index is 10.7. The van der Waals surface area contributed by atoms with Crippen LogP contribution in [-0.4, -0.2) is 23.2 Å². The Hall–Kier alpha value is -0.380. The summed E-state index contributed by atoms with van der Waals surface area (Å²) in [6.45, 7) is 2.82. The predicted molar refractivity (Wildman–Crippen MR) is 40.0 cm³/mol. The van der Waals surface area contributed by atoms with Crippen LogP contribution in [0.4, 0.5) is 0 Å². The summed E-state index contributed by atoms with van der Waals surface area (Å²) in [5.41, 5.74) is 0. The van der Waals surface area contributed by atoms with Crippen LogP contribution >= 0.6 is 15.9 Å². The molecule has 0 saturated heterocycles. The van der Waals surface area contributed by atoms with Crippen LogP contribution in [0.5, 0.6) is 0 Å². The molecule has 0 heterocycles. The summed E-state index contributed by atoms with van der Waals surface area (Å²) in [6.07, 6.45) is 0. The topological polar surface area (TPSA) is 43.4 Å². The molecule has 0 N–H and O–H groups in total. The van der Waals surface area contributed by atoms with Gasteiger partial charge in [-0.3, -0.25) is 9.59 Å². The van der Waals surface area contributed by atoms with Gasteiger partial charge >= 0.3 is 5.97 Å². The highest BCUT2D eigenvalue weighted by Crippen LogP contribution is 1.98. The molecule has 0 radical (unpaired) electrons. The molecule has 0 fully saturated rings. The first-order chi connectivity index (χ1) is 4.54. The fourth-order valence-corrected chi connectivity index (χ4v) is 0.420. The third kappa shape index (κ3) is 4.49. The molecule has 3 nitrogen and oxygen atoms in total. The van der Waals surface area contributed by atoms with Gasteiger partial charge in [0.25, 0.3) is 0 Å². The Morgan fingerprint density at radius 1 is 1.60 bits per heavy atom. The molecular formula is C6H9BrO3. The molecule has 0 saturated carbocycles. The van der Waals surface area contributed by atoms with Gasteiger partial charge in [0, 0.05) is 6.92 Å². The van der Waals surface area contributed by atoms with Gasteiger partial charge in [0.05, 0.1) is 4.83 Å². The number of carbonyl (C=O) groups excluding carboxylic acids is 2. The Kier molecular flexibility index (Phi) is 4.27. The fourth-order valence-electron chi connectivity index (χ4n) is 0.288. The number of Topliss-reactive ketones (excluding diaryl/α,β-unsaturated/α-hetero) is 1. The van der Waals surface area contributed by atoms with Crippen LogP contribution in [-0.2, 0) is 14.3 Å². The zero-order valence-electron chi connectivity index (χ0n) is 5.89. The summed E-state index contributed by atoms with van der Waals surface area (Å²) < 4.78 is 4.45. The number of hydrogen-bond acceptors (Lipinski definition) is 3. The molecule has 10 heavy (non-hydrogen) atoms. The molecular weight excluding hydrogens is 200 g/mol. The van der Waals surface area contributed by atoms with E-state index < -0.39 is 5.97 Å². The first-order valence-electron chi connectivity index (χ1n) is 2.84. The smallest absolute Gasteiger partial charge is 0.303 e. The van der Waals surface area contributed by atoms with E-state index in [0.717, 1.165) is 0 Å². The van der Waals surface area contributed by atoms with Crippen molar-refractivity contribution < 1.29 is 14.3 Å². The number of ketones is 1. The highest BCUT2D eigenvalue weighted by atomic mass is 79.9. The first-order valence-corrected chi connectivity index (χ1v) is 3.75. The number of alkyl halides is 1. The Labute approximate surface area is 67.9 Å². The summed E-state index contributed by atoms with van der Waals surface area (Å²) in [4.78, 5) is 20.7. The standard InChI is InChI=1S/C6H9BrO3/c1-4(7)6(9)3-10-5(2)8/h4H,3H2,1-2H3. The van der Waals surface area contributed by atoms with Gasteiger partial charge in [0.15, 0.2) is 12.4 Å². The third-order valence-electron chi connectivity index (χ3n) is 0.861. The summed E-state index contributed by atoms with van der Waals surface area (Å²) in [6, 6.07) is 0. The van der Waals surface area contributed by atoms with Gasteiger partial charge in [0.2, 0.25) is 0 Å². The van der Waals surface area contributed by atoms with E-state index in [-0.39, 0.29) is 17.2 Å². The second kappa shape index (κ2) is 4.44. The van der Waals surface area contributed by atoms with Crippen molar-refractivity contribution in [2.24, 2.45) is 0 Å². The maximum absolute atomic E-state index is 10.7.